The summed E-state index contributed by atoms with van der Waals surface area (Å²) in [5.41, 5.74) is 4.61. The van der Waals surface area contributed by atoms with Crippen molar-refractivity contribution >= 4 is 11.7 Å². The first-order valence-corrected chi connectivity index (χ1v) is 10.2. The number of hydrogen-bond acceptors (Lipinski definition) is 5. The van der Waals surface area contributed by atoms with E-state index in [4.69, 9.17) is 4.52 Å². The molecule has 1 amide bonds. The summed E-state index contributed by atoms with van der Waals surface area (Å²) in [6.07, 6.45) is 7.37. The molecular weight excluding hydrogens is 366 g/mol. The number of aromatic nitrogens is 4. The van der Waals surface area contributed by atoms with Gasteiger partial charge in [0.2, 0.25) is 5.91 Å². The maximum absolute atomic E-state index is 12.2. The number of nitrogens with one attached hydrogen (secondary N) is 2. The average Bonchev–Trinajstić information content (AvgIpc) is 3.43. The van der Waals surface area contributed by atoms with Crippen molar-refractivity contribution in [2.75, 3.05) is 5.32 Å². The quantitative estimate of drug-likeness (QED) is 0.644. The van der Waals surface area contributed by atoms with Crippen molar-refractivity contribution in [2.45, 2.75) is 64.2 Å². The number of aromatic amines is 1. The number of aryl methyl sites for hydroxylation is 1. The van der Waals surface area contributed by atoms with Gasteiger partial charge in [0.05, 0.1) is 12.1 Å². The fourth-order valence-corrected chi connectivity index (χ4v) is 4.29. The standard InChI is InChI=1S/C22H27N5O2/c1-13(2)18-6-7-23-12-19(18)15-4-5-16(9-15)20-11-21(26-25-20)24-22(28)10-17-8-14(3)27-29-17/h6-8,11-13,15-16H,4-5,9-10H2,1-3H3,(H2,24,25,26,28)/t15-,16+/m1/s1. The number of carbonyl (C=O) groups excluding carboxylic acids is 1. The van der Waals surface area contributed by atoms with Crippen LogP contribution < -0.4 is 5.32 Å². The van der Waals surface area contributed by atoms with Crippen LogP contribution in [0.25, 0.3) is 0 Å². The van der Waals surface area contributed by atoms with E-state index in [1.807, 2.05) is 25.4 Å². The van der Waals surface area contributed by atoms with Gasteiger partial charge in [-0.3, -0.25) is 14.9 Å². The number of anilines is 1. The summed E-state index contributed by atoms with van der Waals surface area (Å²) in [6.45, 7) is 6.29. The minimum Gasteiger partial charge on any atom is -0.361 e. The van der Waals surface area contributed by atoms with E-state index in [1.165, 1.54) is 11.1 Å². The van der Waals surface area contributed by atoms with E-state index >= 15 is 0 Å². The summed E-state index contributed by atoms with van der Waals surface area (Å²) in [6, 6.07) is 5.86. The molecule has 0 aromatic carbocycles. The Bertz CT molecular complexity index is 991. The predicted molar refractivity (Wildman–Crippen MR) is 110 cm³/mol. The first-order chi connectivity index (χ1) is 14.0. The fourth-order valence-electron chi connectivity index (χ4n) is 4.29. The third-order valence-electron chi connectivity index (χ3n) is 5.70. The van der Waals surface area contributed by atoms with Gasteiger partial charge in [0.25, 0.3) is 0 Å². The molecule has 1 aliphatic rings. The summed E-state index contributed by atoms with van der Waals surface area (Å²) in [7, 11) is 0. The lowest BCUT2D eigenvalue weighted by atomic mass is 9.89. The predicted octanol–water partition coefficient (Wildman–Crippen LogP) is 4.46. The number of pyridine rings is 1. The van der Waals surface area contributed by atoms with Crippen LogP contribution in [0, 0.1) is 6.92 Å². The SMILES string of the molecule is Cc1cc(CC(=O)Nc2cc([C@H]3CC[C@@H](c4cnccc4C(C)C)C3)[nH]n2)on1. The van der Waals surface area contributed by atoms with Gasteiger partial charge in [0.1, 0.15) is 5.76 Å². The molecular formula is C22H27N5O2. The zero-order valence-corrected chi connectivity index (χ0v) is 17.1. The van der Waals surface area contributed by atoms with E-state index in [0.717, 1.165) is 30.7 Å². The Kier molecular flexibility index (Phi) is 5.47. The van der Waals surface area contributed by atoms with Crippen molar-refractivity contribution in [3.63, 3.8) is 0 Å². The van der Waals surface area contributed by atoms with Crippen LogP contribution in [0.4, 0.5) is 5.82 Å². The Hall–Kier alpha value is -2.96. The molecule has 1 fully saturated rings. The molecule has 3 aromatic rings. The first kappa shape index (κ1) is 19.4. The summed E-state index contributed by atoms with van der Waals surface area (Å²) < 4.78 is 5.10. The highest BCUT2D eigenvalue weighted by Gasteiger charge is 2.30. The zero-order chi connectivity index (χ0) is 20.4. The van der Waals surface area contributed by atoms with Gasteiger partial charge >= 0.3 is 0 Å². The minimum atomic E-state index is -0.166. The van der Waals surface area contributed by atoms with E-state index in [1.54, 1.807) is 6.07 Å². The lowest BCUT2D eigenvalue weighted by Crippen LogP contribution is -2.14. The number of H-pyrrole nitrogens is 1. The van der Waals surface area contributed by atoms with Crippen molar-refractivity contribution in [1.82, 2.24) is 20.3 Å². The topological polar surface area (TPSA) is 96.7 Å². The molecule has 7 nitrogen and oxygen atoms in total. The highest BCUT2D eigenvalue weighted by atomic mass is 16.5. The molecule has 0 saturated heterocycles. The third kappa shape index (κ3) is 4.39. The fraction of sp³-hybridized carbons (Fsp3) is 0.455. The Labute approximate surface area is 170 Å². The van der Waals surface area contributed by atoms with Crippen LogP contribution in [-0.2, 0) is 11.2 Å². The second-order valence-electron chi connectivity index (χ2n) is 8.23. The minimum absolute atomic E-state index is 0.146. The molecule has 0 radical (unpaired) electrons. The van der Waals surface area contributed by atoms with E-state index in [-0.39, 0.29) is 12.3 Å². The highest BCUT2D eigenvalue weighted by Crippen LogP contribution is 2.44. The molecule has 3 heterocycles. The first-order valence-electron chi connectivity index (χ1n) is 10.2. The molecule has 0 spiro atoms. The van der Waals surface area contributed by atoms with E-state index in [0.29, 0.717) is 29.3 Å². The molecule has 7 heteroatoms. The largest absolute Gasteiger partial charge is 0.361 e. The summed E-state index contributed by atoms with van der Waals surface area (Å²) in [5.74, 6) is 2.35. The Morgan fingerprint density at radius 3 is 2.90 bits per heavy atom. The van der Waals surface area contributed by atoms with Gasteiger partial charge in [-0.05, 0) is 55.2 Å². The van der Waals surface area contributed by atoms with E-state index in [2.05, 4.69) is 45.6 Å². The zero-order valence-electron chi connectivity index (χ0n) is 17.1. The van der Waals surface area contributed by atoms with E-state index in [9.17, 15) is 4.79 Å². The normalized spacial score (nSPS) is 19.0. The molecule has 0 unspecified atom stereocenters. The van der Waals surface area contributed by atoms with Crippen LogP contribution in [0.2, 0.25) is 0 Å². The van der Waals surface area contributed by atoms with Crippen LogP contribution in [0.1, 0.15) is 79.1 Å². The molecule has 3 aromatic heterocycles. The number of amides is 1. The van der Waals surface area contributed by atoms with Crippen molar-refractivity contribution < 1.29 is 9.32 Å². The van der Waals surface area contributed by atoms with Gasteiger partial charge in [-0.1, -0.05) is 19.0 Å². The molecule has 2 N–H and O–H groups in total. The number of rotatable bonds is 6. The molecule has 0 aliphatic heterocycles. The molecule has 1 saturated carbocycles. The van der Waals surface area contributed by atoms with Crippen molar-refractivity contribution in [3.05, 3.63) is 58.9 Å². The van der Waals surface area contributed by atoms with Gasteiger partial charge in [0.15, 0.2) is 5.82 Å². The Morgan fingerprint density at radius 1 is 1.31 bits per heavy atom. The van der Waals surface area contributed by atoms with Gasteiger partial charge in [-0.15, -0.1) is 0 Å². The molecule has 4 rings (SSSR count). The molecule has 0 bridgehead atoms. The maximum Gasteiger partial charge on any atom is 0.233 e. The van der Waals surface area contributed by atoms with Crippen LogP contribution >= 0.6 is 0 Å². The van der Waals surface area contributed by atoms with Gasteiger partial charge in [0, 0.05) is 36.1 Å². The van der Waals surface area contributed by atoms with Gasteiger partial charge < -0.3 is 9.84 Å². The molecule has 29 heavy (non-hydrogen) atoms. The van der Waals surface area contributed by atoms with Crippen LogP contribution in [-0.4, -0.2) is 26.2 Å². The van der Waals surface area contributed by atoms with Gasteiger partial charge in [-0.25, -0.2) is 0 Å². The van der Waals surface area contributed by atoms with Crippen molar-refractivity contribution in [2.24, 2.45) is 0 Å². The summed E-state index contributed by atoms with van der Waals surface area (Å²) in [5, 5.41) is 14.0. The van der Waals surface area contributed by atoms with Crippen LogP contribution in [0.5, 0.6) is 0 Å². The number of carbonyl (C=O) groups is 1. The van der Waals surface area contributed by atoms with Gasteiger partial charge in [-0.2, -0.15) is 5.10 Å². The summed E-state index contributed by atoms with van der Waals surface area (Å²) in [4.78, 5) is 16.6. The maximum atomic E-state index is 12.2. The average molecular weight is 393 g/mol. The van der Waals surface area contributed by atoms with Crippen LogP contribution in [0.15, 0.2) is 35.1 Å². The van der Waals surface area contributed by atoms with Crippen molar-refractivity contribution in [3.8, 4) is 0 Å². The smallest absolute Gasteiger partial charge is 0.233 e. The highest BCUT2D eigenvalue weighted by molar-refractivity contribution is 5.91. The lowest BCUT2D eigenvalue weighted by molar-refractivity contribution is -0.115. The number of hydrogen-bond donors (Lipinski definition) is 2. The Morgan fingerprint density at radius 2 is 2.14 bits per heavy atom. The van der Waals surface area contributed by atoms with Crippen LogP contribution in [0.3, 0.4) is 0 Å². The monoisotopic (exact) mass is 393 g/mol. The third-order valence-corrected chi connectivity index (χ3v) is 5.70. The lowest BCUT2D eigenvalue weighted by Gasteiger charge is -2.17. The van der Waals surface area contributed by atoms with E-state index < -0.39 is 0 Å². The molecule has 152 valence electrons. The number of nitrogens with zero attached hydrogens (tertiary/aromatic N) is 3. The summed E-state index contributed by atoms with van der Waals surface area (Å²) >= 11 is 0. The van der Waals surface area contributed by atoms with Crippen molar-refractivity contribution in [1.29, 1.82) is 0 Å². The second-order valence-corrected chi connectivity index (χ2v) is 8.23. The molecule has 1 aliphatic carbocycles. The Balaban J connectivity index is 1.38. The second kappa shape index (κ2) is 8.19. The molecule has 2 atom stereocenters.